The highest BCUT2D eigenvalue weighted by Crippen LogP contribution is 2.17. The molecule has 0 aromatic carbocycles. The van der Waals surface area contributed by atoms with Gasteiger partial charge in [0.05, 0.1) is 6.26 Å². The van der Waals surface area contributed by atoms with E-state index in [1.807, 2.05) is 12.1 Å². The molecule has 0 bridgehead atoms. The van der Waals surface area contributed by atoms with Crippen molar-refractivity contribution in [1.29, 1.82) is 0 Å². The second-order valence-electron chi connectivity index (χ2n) is 7.12. The summed E-state index contributed by atoms with van der Waals surface area (Å²) in [6.07, 6.45) is 5.22. The molecule has 1 aliphatic rings. The Kier molecular flexibility index (Phi) is 7.63. The number of hydrogen-bond donors (Lipinski definition) is 1. The predicted octanol–water partition coefficient (Wildman–Crippen LogP) is 2.84. The van der Waals surface area contributed by atoms with Crippen molar-refractivity contribution < 1.29 is 4.42 Å². The van der Waals surface area contributed by atoms with Crippen LogP contribution in [-0.2, 0) is 6.42 Å². The lowest BCUT2D eigenvalue weighted by atomic mass is 10.2. The molecule has 0 amide bonds. The fourth-order valence-corrected chi connectivity index (χ4v) is 3.25. The Morgan fingerprint density at radius 1 is 1.50 bits per heavy atom. The molecule has 1 N–H and O–H groups in total. The number of rotatable bonds is 8. The number of hydrogen-bond acceptors (Lipinski definition) is 3. The quantitative estimate of drug-likeness (QED) is 0.586. The first kappa shape index (κ1) is 18.8. The lowest BCUT2D eigenvalue weighted by molar-refractivity contribution is 0.232. The van der Waals surface area contributed by atoms with Gasteiger partial charge in [-0.05, 0) is 44.0 Å². The van der Waals surface area contributed by atoms with E-state index in [2.05, 4.69) is 42.9 Å². The molecule has 136 valence electrons. The summed E-state index contributed by atoms with van der Waals surface area (Å²) in [6.45, 7) is 11.8. The van der Waals surface area contributed by atoms with Crippen molar-refractivity contribution in [1.82, 2.24) is 15.1 Å². The number of nitrogens with one attached hydrogen (secondary N) is 1. The van der Waals surface area contributed by atoms with Crippen molar-refractivity contribution in [3.05, 3.63) is 24.2 Å². The Balaban J connectivity index is 1.89. The molecule has 24 heavy (non-hydrogen) atoms. The first-order chi connectivity index (χ1) is 11.6. The molecule has 5 heteroatoms. The van der Waals surface area contributed by atoms with Crippen molar-refractivity contribution >= 4 is 5.96 Å². The Labute approximate surface area is 147 Å². The summed E-state index contributed by atoms with van der Waals surface area (Å²) < 4.78 is 5.41. The maximum absolute atomic E-state index is 5.41. The zero-order valence-corrected chi connectivity index (χ0v) is 15.8. The number of furan rings is 1. The smallest absolute Gasteiger partial charge is 0.193 e. The highest BCUT2D eigenvalue weighted by molar-refractivity contribution is 5.79. The Bertz CT molecular complexity index is 484. The second kappa shape index (κ2) is 9.72. The minimum Gasteiger partial charge on any atom is -0.469 e. The number of aliphatic imine (C=N–C) groups is 1. The molecular formula is C19H34N4O. The minimum absolute atomic E-state index is 0.568. The van der Waals surface area contributed by atoms with Crippen LogP contribution in [0.2, 0.25) is 0 Å². The Morgan fingerprint density at radius 3 is 3.00 bits per heavy atom. The first-order valence-electron chi connectivity index (χ1n) is 9.36. The largest absolute Gasteiger partial charge is 0.469 e. The van der Waals surface area contributed by atoms with Crippen LogP contribution in [0.3, 0.4) is 0 Å². The normalized spacial score (nSPS) is 19.2. The maximum atomic E-state index is 5.41. The summed E-state index contributed by atoms with van der Waals surface area (Å²) in [5.41, 5.74) is 0. The summed E-state index contributed by atoms with van der Waals surface area (Å²) in [5, 5.41) is 3.52. The zero-order valence-electron chi connectivity index (χ0n) is 15.8. The van der Waals surface area contributed by atoms with Crippen molar-refractivity contribution in [3.8, 4) is 0 Å². The van der Waals surface area contributed by atoms with E-state index in [0.717, 1.165) is 44.3 Å². The van der Waals surface area contributed by atoms with Crippen LogP contribution < -0.4 is 5.32 Å². The van der Waals surface area contributed by atoms with Crippen LogP contribution in [-0.4, -0.2) is 61.6 Å². The standard InChI is InChI=1S/C19H34N4O/c1-5-23-12-6-8-17(23)15-22(4)19(21-14-16(2)3)20-11-10-18-9-7-13-24-18/h7,9,13,16-17H,5-6,8,10-12,14-15H2,1-4H3,(H,20,21). The van der Waals surface area contributed by atoms with E-state index in [4.69, 9.17) is 9.41 Å². The molecule has 5 nitrogen and oxygen atoms in total. The van der Waals surface area contributed by atoms with Gasteiger partial charge in [-0.2, -0.15) is 0 Å². The van der Waals surface area contributed by atoms with Gasteiger partial charge in [0.25, 0.3) is 0 Å². The lowest BCUT2D eigenvalue weighted by Gasteiger charge is -2.30. The van der Waals surface area contributed by atoms with Crippen LogP contribution >= 0.6 is 0 Å². The van der Waals surface area contributed by atoms with E-state index in [1.165, 1.54) is 19.4 Å². The van der Waals surface area contributed by atoms with Gasteiger partial charge in [-0.25, -0.2) is 0 Å². The van der Waals surface area contributed by atoms with Crippen LogP contribution in [0.4, 0.5) is 0 Å². The average Bonchev–Trinajstić information content (AvgIpc) is 3.21. The topological polar surface area (TPSA) is 44.0 Å². The summed E-state index contributed by atoms with van der Waals surface area (Å²) in [6, 6.07) is 4.61. The van der Waals surface area contributed by atoms with Gasteiger partial charge >= 0.3 is 0 Å². The van der Waals surface area contributed by atoms with Gasteiger partial charge in [0.1, 0.15) is 5.76 Å². The van der Waals surface area contributed by atoms with E-state index < -0.39 is 0 Å². The summed E-state index contributed by atoms with van der Waals surface area (Å²) in [5.74, 6) is 2.60. The molecule has 0 aliphatic carbocycles. The van der Waals surface area contributed by atoms with Gasteiger partial charge in [0.2, 0.25) is 0 Å². The molecule has 2 heterocycles. The lowest BCUT2D eigenvalue weighted by Crippen LogP contribution is -2.46. The number of nitrogens with zero attached hydrogens (tertiary/aromatic N) is 3. The molecule has 0 radical (unpaired) electrons. The molecule has 1 aromatic rings. The molecule has 2 rings (SSSR count). The van der Waals surface area contributed by atoms with Gasteiger partial charge in [-0.3, -0.25) is 9.89 Å². The second-order valence-corrected chi connectivity index (χ2v) is 7.12. The van der Waals surface area contributed by atoms with E-state index in [-0.39, 0.29) is 0 Å². The summed E-state index contributed by atoms with van der Waals surface area (Å²) in [7, 11) is 2.16. The van der Waals surface area contributed by atoms with Crippen molar-refractivity contribution in [3.63, 3.8) is 0 Å². The molecular weight excluding hydrogens is 300 g/mol. The SMILES string of the molecule is CCN1CCCC1CN(C)C(=NCC(C)C)NCCc1ccco1. The first-order valence-corrected chi connectivity index (χ1v) is 9.36. The third kappa shape index (κ3) is 5.86. The highest BCUT2D eigenvalue weighted by atomic mass is 16.3. The van der Waals surface area contributed by atoms with Crippen LogP contribution in [0.15, 0.2) is 27.8 Å². The maximum Gasteiger partial charge on any atom is 0.193 e. The molecule has 1 aliphatic heterocycles. The monoisotopic (exact) mass is 334 g/mol. The van der Waals surface area contributed by atoms with Crippen molar-refractivity contribution in [2.45, 2.75) is 46.1 Å². The van der Waals surface area contributed by atoms with Crippen LogP contribution in [0.25, 0.3) is 0 Å². The van der Waals surface area contributed by atoms with E-state index >= 15 is 0 Å². The molecule has 1 atom stereocenters. The van der Waals surface area contributed by atoms with E-state index in [1.54, 1.807) is 6.26 Å². The Hall–Kier alpha value is -1.49. The van der Waals surface area contributed by atoms with Gasteiger partial charge in [0, 0.05) is 39.1 Å². The fourth-order valence-electron chi connectivity index (χ4n) is 3.25. The predicted molar refractivity (Wildman–Crippen MR) is 100 cm³/mol. The van der Waals surface area contributed by atoms with Crippen molar-refractivity contribution in [2.24, 2.45) is 10.9 Å². The van der Waals surface area contributed by atoms with Gasteiger partial charge in [0.15, 0.2) is 5.96 Å². The molecule has 1 aromatic heterocycles. The molecule has 1 saturated heterocycles. The minimum atomic E-state index is 0.568. The third-order valence-corrected chi connectivity index (χ3v) is 4.59. The summed E-state index contributed by atoms with van der Waals surface area (Å²) in [4.78, 5) is 9.69. The van der Waals surface area contributed by atoms with E-state index in [0.29, 0.717) is 12.0 Å². The molecule has 1 fully saturated rings. The van der Waals surface area contributed by atoms with Crippen molar-refractivity contribution in [2.75, 3.05) is 39.8 Å². The third-order valence-electron chi connectivity index (χ3n) is 4.59. The van der Waals surface area contributed by atoms with Gasteiger partial charge in [-0.15, -0.1) is 0 Å². The van der Waals surface area contributed by atoms with Gasteiger partial charge < -0.3 is 14.6 Å². The molecule has 1 unspecified atom stereocenters. The van der Waals surface area contributed by atoms with Gasteiger partial charge in [-0.1, -0.05) is 20.8 Å². The van der Waals surface area contributed by atoms with Crippen LogP contribution in [0.5, 0.6) is 0 Å². The number of guanidine groups is 1. The molecule has 0 spiro atoms. The zero-order chi connectivity index (χ0) is 17.4. The van der Waals surface area contributed by atoms with E-state index in [9.17, 15) is 0 Å². The number of likely N-dealkylation sites (N-methyl/N-ethyl adjacent to an activating group) is 2. The molecule has 0 saturated carbocycles. The van der Waals surface area contributed by atoms with Crippen LogP contribution in [0, 0.1) is 5.92 Å². The average molecular weight is 335 g/mol. The number of likely N-dealkylation sites (tertiary alicyclic amines) is 1. The summed E-state index contributed by atoms with van der Waals surface area (Å²) >= 11 is 0. The highest BCUT2D eigenvalue weighted by Gasteiger charge is 2.25. The fraction of sp³-hybridized carbons (Fsp3) is 0.737. The van der Waals surface area contributed by atoms with Crippen LogP contribution in [0.1, 0.15) is 39.4 Å². The Morgan fingerprint density at radius 2 is 2.33 bits per heavy atom.